The first-order chi connectivity index (χ1) is 9.67. The maximum atomic E-state index is 5.50. The predicted molar refractivity (Wildman–Crippen MR) is 82.3 cm³/mol. The van der Waals surface area contributed by atoms with Crippen LogP contribution in [0, 0.1) is 11.8 Å². The Kier molecular flexibility index (Phi) is 5.04. The summed E-state index contributed by atoms with van der Waals surface area (Å²) in [7, 11) is 1.67. The number of methoxy groups -OCH3 is 1. The maximum Gasteiger partial charge on any atom is 0.204 e. The average Bonchev–Trinajstić information content (AvgIpc) is 2.77. The number of nitrogens with zero attached hydrogens (tertiary/aromatic N) is 2. The van der Waals surface area contributed by atoms with Gasteiger partial charge in [-0.3, -0.25) is 0 Å². The lowest BCUT2D eigenvalue weighted by Gasteiger charge is -2.22. The first kappa shape index (κ1) is 14.9. The molecule has 0 saturated heterocycles. The fraction of sp³-hybridized carbons (Fsp3) is 0.733. The van der Waals surface area contributed by atoms with Crippen molar-refractivity contribution in [3.8, 4) is 5.75 Å². The van der Waals surface area contributed by atoms with Crippen LogP contribution in [0.2, 0.25) is 0 Å². The Morgan fingerprint density at radius 2 is 2.00 bits per heavy atom. The molecule has 5 heteroatoms. The van der Waals surface area contributed by atoms with Crippen molar-refractivity contribution in [1.82, 2.24) is 9.97 Å². The van der Waals surface area contributed by atoms with Gasteiger partial charge in [0.25, 0.3) is 0 Å². The Bertz CT molecular complexity index is 438. The summed E-state index contributed by atoms with van der Waals surface area (Å²) in [5, 5.41) is 6.82. The fourth-order valence-electron chi connectivity index (χ4n) is 2.78. The second kappa shape index (κ2) is 6.77. The highest BCUT2D eigenvalue weighted by Crippen LogP contribution is 2.36. The predicted octanol–water partition coefficient (Wildman–Crippen LogP) is 3.15. The molecule has 5 nitrogen and oxygen atoms in total. The second-order valence-corrected chi connectivity index (χ2v) is 5.70. The zero-order valence-electron chi connectivity index (χ0n) is 12.9. The first-order valence-electron chi connectivity index (χ1n) is 7.56. The summed E-state index contributed by atoms with van der Waals surface area (Å²) >= 11 is 0. The molecule has 2 N–H and O–H groups in total. The van der Waals surface area contributed by atoms with Crippen LogP contribution >= 0.6 is 0 Å². The third-order valence-electron chi connectivity index (χ3n) is 4.34. The van der Waals surface area contributed by atoms with Gasteiger partial charge < -0.3 is 15.4 Å². The van der Waals surface area contributed by atoms with E-state index in [0.29, 0.717) is 17.7 Å². The molecule has 0 bridgehead atoms. The van der Waals surface area contributed by atoms with Crippen LogP contribution in [0.5, 0.6) is 5.75 Å². The van der Waals surface area contributed by atoms with Crippen molar-refractivity contribution in [2.24, 2.45) is 11.8 Å². The standard InChI is InChI=1S/C15H26N4O/c1-5-8-16-14-13(20-4)15(18-9-17-14)19-12-7-6-10(2)11(12)3/h9-12H,5-8H2,1-4H3,(H2,16,17,18,19). The summed E-state index contributed by atoms with van der Waals surface area (Å²) in [5.41, 5.74) is 0. The van der Waals surface area contributed by atoms with E-state index in [1.807, 2.05) is 0 Å². The molecule has 1 heterocycles. The van der Waals surface area contributed by atoms with Gasteiger partial charge in [-0.25, -0.2) is 9.97 Å². The van der Waals surface area contributed by atoms with E-state index in [9.17, 15) is 0 Å². The normalized spacial score (nSPS) is 25.5. The highest BCUT2D eigenvalue weighted by atomic mass is 16.5. The number of aromatic nitrogens is 2. The van der Waals surface area contributed by atoms with Gasteiger partial charge in [-0.05, 0) is 31.1 Å². The number of rotatable bonds is 6. The van der Waals surface area contributed by atoms with Gasteiger partial charge in [0.15, 0.2) is 11.6 Å². The molecule has 0 spiro atoms. The van der Waals surface area contributed by atoms with Crippen molar-refractivity contribution in [3.63, 3.8) is 0 Å². The number of ether oxygens (including phenoxy) is 1. The molecule has 1 aliphatic carbocycles. The number of nitrogens with one attached hydrogen (secondary N) is 2. The SMILES string of the molecule is CCCNc1ncnc(NC2CCC(C)C2C)c1OC. The molecular weight excluding hydrogens is 252 g/mol. The summed E-state index contributed by atoms with van der Waals surface area (Å²) < 4.78 is 5.50. The molecule has 0 radical (unpaired) electrons. The molecule has 3 unspecified atom stereocenters. The lowest BCUT2D eigenvalue weighted by Crippen LogP contribution is -2.25. The van der Waals surface area contributed by atoms with Gasteiger partial charge >= 0.3 is 0 Å². The minimum absolute atomic E-state index is 0.466. The number of hydrogen-bond donors (Lipinski definition) is 2. The third-order valence-corrected chi connectivity index (χ3v) is 4.34. The van der Waals surface area contributed by atoms with E-state index in [-0.39, 0.29) is 0 Å². The molecule has 112 valence electrons. The van der Waals surface area contributed by atoms with E-state index in [2.05, 4.69) is 41.4 Å². The molecule has 20 heavy (non-hydrogen) atoms. The van der Waals surface area contributed by atoms with E-state index < -0.39 is 0 Å². The van der Waals surface area contributed by atoms with Crippen LogP contribution in [-0.2, 0) is 0 Å². The summed E-state index contributed by atoms with van der Waals surface area (Å²) in [4.78, 5) is 8.62. The Morgan fingerprint density at radius 1 is 1.25 bits per heavy atom. The van der Waals surface area contributed by atoms with Crippen molar-refractivity contribution in [3.05, 3.63) is 6.33 Å². The minimum Gasteiger partial charge on any atom is -0.490 e. The molecule has 1 aromatic rings. The van der Waals surface area contributed by atoms with Crippen molar-refractivity contribution in [1.29, 1.82) is 0 Å². The minimum atomic E-state index is 0.466. The van der Waals surface area contributed by atoms with Crippen LogP contribution < -0.4 is 15.4 Å². The van der Waals surface area contributed by atoms with E-state index in [1.54, 1.807) is 13.4 Å². The monoisotopic (exact) mass is 278 g/mol. The van der Waals surface area contributed by atoms with Crippen molar-refractivity contribution < 1.29 is 4.74 Å². The largest absolute Gasteiger partial charge is 0.490 e. The van der Waals surface area contributed by atoms with Gasteiger partial charge in [0.05, 0.1) is 7.11 Å². The van der Waals surface area contributed by atoms with Crippen LogP contribution in [0.4, 0.5) is 11.6 Å². The quantitative estimate of drug-likeness (QED) is 0.837. The smallest absolute Gasteiger partial charge is 0.204 e. The van der Waals surface area contributed by atoms with Crippen LogP contribution in [0.15, 0.2) is 6.33 Å². The molecule has 2 rings (SSSR count). The van der Waals surface area contributed by atoms with Crippen LogP contribution in [0.25, 0.3) is 0 Å². The number of anilines is 2. The molecule has 1 aromatic heterocycles. The molecule has 1 fully saturated rings. The van der Waals surface area contributed by atoms with Crippen molar-refractivity contribution in [2.45, 2.75) is 46.1 Å². The molecule has 0 aromatic carbocycles. The van der Waals surface area contributed by atoms with Gasteiger partial charge in [0.2, 0.25) is 5.75 Å². The van der Waals surface area contributed by atoms with Crippen molar-refractivity contribution >= 4 is 11.6 Å². The van der Waals surface area contributed by atoms with Crippen LogP contribution in [0.1, 0.15) is 40.0 Å². The molecule has 3 atom stereocenters. The van der Waals surface area contributed by atoms with Gasteiger partial charge in [0, 0.05) is 12.6 Å². The summed E-state index contributed by atoms with van der Waals surface area (Å²) in [6, 6.07) is 0.466. The highest BCUT2D eigenvalue weighted by molar-refractivity contribution is 5.63. The lowest BCUT2D eigenvalue weighted by molar-refractivity contribution is 0.409. The molecule has 0 amide bonds. The third kappa shape index (κ3) is 3.14. The molecule has 1 saturated carbocycles. The first-order valence-corrected chi connectivity index (χ1v) is 7.56. The van der Waals surface area contributed by atoms with Gasteiger partial charge in [-0.2, -0.15) is 0 Å². The Balaban J connectivity index is 2.14. The van der Waals surface area contributed by atoms with Gasteiger partial charge in [-0.1, -0.05) is 20.8 Å². The Labute approximate surface area is 121 Å². The average molecular weight is 278 g/mol. The van der Waals surface area contributed by atoms with E-state index in [0.717, 1.165) is 30.5 Å². The number of hydrogen-bond acceptors (Lipinski definition) is 5. The summed E-state index contributed by atoms with van der Waals surface area (Å²) in [6.07, 6.45) is 5.10. The van der Waals surface area contributed by atoms with Gasteiger partial charge in [0.1, 0.15) is 6.33 Å². The van der Waals surface area contributed by atoms with E-state index in [1.165, 1.54) is 12.8 Å². The maximum absolute atomic E-state index is 5.50. The van der Waals surface area contributed by atoms with Crippen LogP contribution in [0.3, 0.4) is 0 Å². The zero-order chi connectivity index (χ0) is 14.5. The Hall–Kier alpha value is -1.52. The molecule has 0 aliphatic heterocycles. The lowest BCUT2D eigenvalue weighted by atomic mass is 9.98. The van der Waals surface area contributed by atoms with Crippen molar-refractivity contribution in [2.75, 3.05) is 24.3 Å². The zero-order valence-corrected chi connectivity index (χ0v) is 12.9. The molecular formula is C15H26N4O. The Morgan fingerprint density at radius 3 is 2.60 bits per heavy atom. The molecule has 1 aliphatic rings. The van der Waals surface area contributed by atoms with Crippen LogP contribution in [-0.4, -0.2) is 29.7 Å². The highest BCUT2D eigenvalue weighted by Gasteiger charge is 2.30. The summed E-state index contributed by atoms with van der Waals surface area (Å²) in [6.45, 7) is 7.63. The van der Waals surface area contributed by atoms with E-state index >= 15 is 0 Å². The second-order valence-electron chi connectivity index (χ2n) is 5.70. The fourth-order valence-corrected chi connectivity index (χ4v) is 2.78. The van der Waals surface area contributed by atoms with E-state index in [4.69, 9.17) is 4.74 Å². The summed E-state index contributed by atoms with van der Waals surface area (Å²) in [5.74, 6) is 3.70. The van der Waals surface area contributed by atoms with Gasteiger partial charge in [-0.15, -0.1) is 0 Å². The topological polar surface area (TPSA) is 59.1 Å².